The van der Waals surface area contributed by atoms with Crippen molar-refractivity contribution in [1.82, 2.24) is 0 Å². The van der Waals surface area contributed by atoms with Gasteiger partial charge in [0.2, 0.25) is 5.91 Å². The molecule has 0 spiro atoms. The number of hydrogen-bond acceptors (Lipinski definition) is 3. The highest BCUT2D eigenvalue weighted by atomic mass is 16.5. The van der Waals surface area contributed by atoms with Gasteiger partial charge in [0.05, 0.1) is 12.7 Å². The van der Waals surface area contributed by atoms with E-state index in [2.05, 4.69) is 10.1 Å². The minimum absolute atomic E-state index is 0.0848. The molecule has 0 saturated carbocycles. The molecule has 0 fully saturated rings. The zero-order valence-corrected chi connectivity index (χ0v) is 12.7. The Balaban J connectivity index is 1.99. The summed E-state index contributed by atoms with van der Waals surface area (Å²) in [4.78, 5) is 23.6. The summed E-state index contributed by atoms with van der Waals surface area (Å²) in [7, 11) is 1.33. The third-order valence-corrected chi connectivity index (χ3v) is 3.43. The first-order valence-electron chi connectivity index (χ1n) is 7.13. The number of hydrogen-bond donors (Lipinski definition) is 1. The van der Waals surface area contributed by atoms with Crippen LogP contribution in [0.3, 0.4) is 0 Å². The number of methoxy groups -OCH3 is 1. The quantitative estimate of drug-likeness (QED) is 0.858. The average molecular weight is 297 g/mol. The van der Waals surface area contributed by atoms with Gasteiger partial charge in [-0.3, -0.25) is 4.79 Å². The van der Waals surface area contributed by atoms with Crippen LogP contribution < -0.4 is 5.32 Å². The Hall–Kier alpha value is -2.62. The van der Waals surface area contributed by atoms with Gasteiger partial charge in [-0.25, -0.2) is 4.79 Å². The minimum atomic E-state index is -0.422. The smallest absolute Gasteiger partial charge is 0.337 e. The summed E-state index contributed by atoms with van der Waals surface area (Å²) < 4.78 is 4.67. The van der Waals surface area contributed by atoms with E-state index in [0.29, 0.717) is 17.7 Å². The molecule has 2 aromatic carbocycles. The van der Waals surface area contributed by atoms with E-state index in [0.717, 1.165) is 5.56 Å². The Bertz CT molecular complexity index is 652. The lowest BCUT2D eigenvalue weighted by Gasteiger charge is -2.12. The number of carbonyl (C=O) groups excluding carboxylic acids is 2. The van der Waals surface area contributed by atoms with Gasteiger partial charge in [0.15, 0.2) is 0 Å². The van der Waals surface area contributed by atoms with Gasteiger partial charge in [-0.2, -0.15) is 0 Å². The second-order valence-corrected chi connectivity index (χ2v) is 5.14. The number of anilines is 1. The third kappa shape index (κ3) is 4.19. The average Bonchev–Trinajstić information content (AvgIpc) is 2.55. The van der Waals surface area contributed by atoms with E-state index in [4.69, 9.17) is 0 Å². The molecular formula is C18H19NO3. The molecule has 1 unspecified atom stereocenters. The molecule has 114 valence electrons. The lowest BCUT2D eigenvalue weighted by atomic mass is 9.97. The van der Waals surface area contributed by atoms with Crippen molar-refractivity contribution in [2.24, 2.45) is 0 Å². The highest BCUT2D eigenvalue weighted by molar-refractivity contribution is 5.94. The number of benzene rings is 2. The van der Waals surface area contributed by atoms with E-state index in [-0.39, 0.29) is 11.8 Å². The largest absolute Gasteiger partial charge is 0.465 e. The van der Waals surface area contributed by atoms with Crippen molar-refractivity contribution in [3.8, 4) is 0 Å². The van der Waals surface area contributed by atoms with Crippen molar-refractivity contribution in [3.63, 3.8) is 0 Å². The summed E-state index contributed by atoms with van der Waals surface area (Å²) in [6.45, 7) is 2.01. The maximum Gasteiger partial charge on any atom is 0.337 e. The molecule has 0 radical (unpaired) electrons. The van der Waals surface area contributed by atoms with Crippen molar-refractivity contribution in [3.05, 3.63) is 65.7 Å². The lowest BCUT2D eigenvalue weighted by molar-refractivity contribution is -0.116. The maximum absolute atomic E-state index is 12.1. The van der Waals surface area contributed by atoms with E-state index < -0.39 is 5.97 Å². The Labute approximate surface area is 130 Å². The molecule has 0 heterocycles. The molecule has 4 heteroatoms. The van der Waals surface area contributed by atoms with E-state index >= 15 is 0 Å². The van der Waals surface area contributed by atoms with Gasteiger partial charge in [-0.15, -0.1) is 0 Å². The summed E-state index contributed by atoms with van der Waals surface area (Å²) in [6, 6.07) is 16.6. The molecule has 22 heavy (non-hydrogen) atoms. The molecule has 1 N–H and O–H groups in total. The summed E-state index contributed by atoms with van der Waals surface area (Å²) in [5.74, 6) is -0.378. The molecule has 4 nitrogen and oxygen atoms in total. The second kappa shape index (κ2) is 7.41. The van der Waals surface area contributed by atoms with Gasteiger partial charge in [-0.05, 0) is 29.7 Å². The predicted molar refractivity (Wildman–Crippen MR) is 85.9 cm³/mol. The molecule has 0 aliphatic rings. The Kier molecular flexibility index (Phi) is 5.31. The second-order valence-electron chi connectivity index (χ2n) is 5.14. The van der Waals surface area contributed by atoms with E-state index in [1.807, 2.05) is 37.3 Å². The van der Waals surface area contributed by atoms with Crippen LogP contribution in [-0.4, -0.2) is 19.0 Å². The van der Waals surface area contributed by atoms with Gasteiger partial charge < -0.3 is 10.1 Å². The molecule has 2 rings (SSSR count). The van der Waals surface area contributed by atoms with Crippen LogP contribution in [-0.2, 0) is 9.53 Å². The van der Waals surface area contributed by atoms with E-state index in [9.17, 15) is 9.59 Å². The number of rotatable bonds is 5. The Morgan fingerprint density at radius 3 is 2.50 bits per heavy atom. The van der Waals surface area contributed by atoms with Crippen LogP contribution >= 0.6 is 0 Å². The first-order valence-corrected chi connectivity index (χ1v) is 7.13. The molecule has 0 aliphatic carbocycles. The Morgan fingerprint density at radius 2 is 1.82 bits per heavy atom. The maximum atomic E-state index is 12.1. The molecule has 0 aliphatic heterocycles. The van der Waals surface area contributed by atoms with Crippen LogP contribution in [0.15, 0.2) is 54.6 Å². The van der Waals surface area contributed by atoms with Gasteiger partial charge in [0.1, 0.15) is 0 Å². The molecule has 1 amide bonds. The van der Waals surface area contributed by atoms with Crippen LogP contribution in [0.25, 0.3) is 0 Å². The number of amides is 1. The highest BCUT2D eigenvalue weighted by Crippen LogP contribution is 2.19. The van der Waals surface area contributed by atoms with Gasteiger partial charge in [-0.1, -0.05) is 43.3 Å². The fourth-order valence-electron chi connectivity index (χ4n) is 2.23. The highest BCUT2D eigenvalue weighted by Gasteiger charge is 2.12. The fraction of sp³-hybridized carbons (Fsp3) is 0.222. The number of nitrogens with one attached hydrogen (secondary N) is 1. The zero-order valence-electron chi connectivity index (χ0n) is 12.7. The third-order valence-electron chi connectivity index (χ3n) is 3.43. The molecule has 0 bridgehead atoms. The normalized spacial score (nSPS) is 11.5. The van der Waals surface area contributed by atoms with Gasteiger partial charge in [0, 0.05) is 12.1 Å². The van der Waals surface area contributed by atoms with Gasteiger partial charge in [0.25, 0.3) is 0 Å². The Morgan fingerprint density at radius 1 is 1.09 bits per heavy atom. The predicted octanol–water partition coefficient (Wildman–Crippen LogP) is 3.61. The van der Waals surface area contributed by atoms with E-state index in [1.54, 1.807) is 24.3 Å². The topological polar surface area (TPSA) is 55.4 Å². The summed E-state index contributed by atoms with van der Waals surface area (Å²) in [5, 5.41) is 2.82. The van der Waals surface area contributed by atoms with Crippen molar-refractivity contribution >= 4 is 17.6 Å². The van der Waals surface area contributed by atoms with Gasteiger partial charge >= 0.3 is 5.97 Å². The number of ether oxygens (including phenoxy) is 1. The van der Waals surface area contributed by atoms with Crippen LogP contribution in [0.5, 0.6) is 0 Å². The van der Waals surface area contributed by atoms with Crippen LogP contribution in [0, 0.1) is 0 Å². The van der Waals surface area contributed by atoms with Crippen molar-refractivity contribution in [2.45, 2.75) is 19.3 Å². The van der Waals surface area contributed by atoms with Crippen molar-refractivity contribution in [2.75, 3.05) is 12.4 Å². The van der Waals surface area contributed by atoms with Crippen molar-refractivity contribution < 1.29 is 14.3 Å². The standard InChI is InChI=1S/C18H19NO3/c1-13(14-7-4-3-5-8-14)11-17(20)19-16-10-6-9-15(12-16)18(21)22-2/h3-10,12-13H,11H2,1-2H3,(H,19,20). The summed E-state index contributed by atoms with van der Waals surface area (Å²) >= 11 is 0. The van der Waals surface area contributed by atoms with Crippen LogP contribution in [0.4, 0.5) is 5.69 Å². The van der Waals surface area contributed by atoms with Crippen molar-refractivity contribution in [1.29, 1.82) is 0 Å². The number of carbonyl (C=O) groups is 2. The zero-order chi connectivity index (χ0) is 15.9. The molecule has 1 atom stereocenters. The summed E-state index contributed by atoms with van der Waals surface area (Å²) in [5.41, 5.74) is 2.13. The SMILES string of the molecule is COC(=O)c1cccc(NC(=O)CC(C)c2ccccc2)c1. The monoisotopic (exact) mass is 297 g/mol. The molecule has 2 aromatic rings. The fourth-order valence-corrected chi connectivity index (χ4v) is 2.23. The number of esters is 1. The minimum Gasteiger partial charge on any atom is -0.465 e. The molecule has 0 aromatic heterocycles. The van der Waals surface area contributed by atoms with Crippen LogP contribution in [0.2, 0.25) is 0 Å². The summed E-state index contributed by atoms with van der Waals surface area (Å²) in [6.07, 6.45) is 0.381. The first-order chi connectivity index (χ1) is 10.6. The molecule has 0 saturated heterocycles. The molecular weight excluding hydrogens is 278 g/mol. The first kappa shape index (κ1) is 15.8. The lowest BCUT2D eigenvalue weighted by Crippen LogP contribution is -2.15. The van der Waals surface area contributed by atoms with E-state index in [1.165, 1.54) is 7.11 Å². The van der Waals surface area contributed by atoms with Crippen LogP contribution in [0.1, 0.15) is 35.2 Å².